The molecule has 14 heavy (non-hydrogen) atoms. The summed E-state index contributed by atoms with van der Waals surface area (Å²) in [6.45, 7) is 4.38. The van der Waals surface area contributed by atoms with Gasteiger partial charge in [0, 0.05) is 24.7 Å². The number of hydrogen-bond donors (Lipinski definition) is 1. The maximum absolute atomic E-state index is 13.1. The second-order valence-electron chi connectivity index (χ2n) is 3.89. The number of nitrogens with zero attached hydrogens (tertiary/aromatic N) is 1. The molecular formula is C10H16FNO2. The second kappa shape index (κ2) is 4.55. The van der Waals surface area contributed by atoms with Crippen LogP contribution in [0.1, 0.15) is 20.3 Å². The highest BCUT2D eigenvalue weighted by atomic mass is 19.1. The fourth-order valence-electron chi connectivity index (χ4n) is 1.81. The lowest BCUT2D eigenvalue weighted by molar-refractivity contribution is -0.131. The number of alkyl halides is 1. The van der Waals surface area contributed by atoms with Crippen molar-refractivity contribution in [3.8, 4) is 0 Å². The summed E-state index contributed by atoms with van der Waals surface area (Å²) in [4.78, 5) is 12.3. The minimum atomic E-state index is -0.976. The molecule has 0 aromatic heterocycles. The molecule has 0 saturated carbocycles. The molecule has 1 aliphatic heterocycles. The van der Waals surface area contributed by atoms with Crippen molar-refractivity contribution in [2.24, 2.45) is 0 Å². The Balaban J connectivity index is 2.62. The molecule has 0 aromatic rings. The van der Waals surface area contributed by atoms with E-state index in [4.69, 9.17) is 5.11 Å². The highest BCUT2D eigenvalue weighted by molar-refractivity contribution is 5.79. The van der Waals surface area contributed by atoms with Gasteiger partial charge in [-0.25, -0.2) is 9.18 Å². The van der Waals surface area contributed by atoms with E-state index in [1.807, 2.05) is 18.7 Å². The van der Waals surface area contributed by atoms with Gasteiger partial charge in [0.15, 0.2) is 0 Å². The summed E-state index contributed by atoms with van der Waals surface area (Å²) < 4.78 is 13.1. The van der Waals surface area contributed by atoms with Crippen LogP contribution in [0, 0.1) is 0 Å². The molecule has 1 aliphatic rings. The van der Waals surface area contributed by atoms with Gasteiger partial charge in [-0.3, -0.25) is 4.90 Å². The lowest BCUT2D eigenvalue weighted by Crippen LogP contribution is -2.34. The molecule has 4 heteroatoms. The van der Waals surface area contributed by atoms with Gasteiger partial charge in [0.1, 0.15) is 6.17 Å². The average molecular weight is 201 g/mol. The van der Waals surface area contributed by atoms with Crippen molar-refractivity contribution < 1.29 is 14.3 Å². The Morgan fingerprint density at radius 3 is 2.79 bits per heavy atom. The second-order valence-corrected chi connectivity index (χ2v) is 3.89. The fraction of sp³-hybridized carbons (Fsp3) is 0.700. The van der Waals surface area contributed by atoms with Crippen molar-refractivity contribution in [1.82, 2.24) is 4.90 Å². The first-order valence-corrected chi connectivity index (χ1v) is 4.81. The van der Waals surface area contributed by atoms with Gasteiger partial charge in [0.2, 0.25) is 0 Å². The highest BCUT2D eigenvalue weighted by Crippen LogP contribution is 2.23. The van der Waals surface area contributed by atoms with Gasteiger partial charge in [0.25, 0.3) is 0 Å². The molecule has 1 heterocycles. The number of carbonyl (C=O) groups is 1. The molecule has 0 aliphatic carbocycles. The third-order valence-electron chi connectivity index (χ3n) is 2.46. The molecule has 3 nitrogen and oxygen atoms in total. The Labute approximate surface area is 83.2 Å². The van der Waals surface area contributed by atoms with E-state index < -0.39 is 12.1 Å². The van der Waals surface area contributed by atoms with Crippen LogP contribution in [0.3, 0.4) is 0 Å². The van der Waals surface area contributed by atoms with Crippen molar-refractivity contribution in [3.63, 3.8) is 0 Å². The largest absolute Gasteiger partial charge is 0.478 e. The van der Waals surface area contributed by atoms with Crippen LogP contribution in [0.4, 0.5) is 4.39 Å². The normalized spacial score (nSPS) is 29.1. The fourth-order valence-corrected chi connectivity index (χ4v) is 1.81. The first-order chi connectivity index (χ1) is 6.50. The molecule has 0 bridgehead atoms. The Bertz CT molecular complexity index is 240. The number of rotatable bonds is 3. The Kier molecular flexibility index (Phi) is 3.63. The van der Waals surface area contributed by atoms with Crippen molar-refractivity contribution in [2.75, 3.05) is 6.54 Å². The van der Waals surface area contributed by atoms with Crippen LogP contribution in [0.25, 0.3) is 0 Å². The average Bonchev–Trinajstić information content (AvgIpc) is 2.43. The van der Waals surface area contributed by atoms with Crippen molar-refractivity contribution in [1.29, 1.82) is 0 Å². The Morgan fingerprint density at radius 1 is 1.64 bits per heavy atom. The Morgan fingerprint density at radius 2 is 2.29 bits per heavy atom. The smallest absolute Gasteiger partial charge is 0.328 e. The zero-order chi connectivity index (χ0) is 10.7. The number of carboxylic acids is 1. The van der Waals surface area contributed by atoms with E-state index in [2.05, 4.69) is 0 Å². The number of carboxylic acid groups (broad SMARTS) is 1. The molecule has 0 radical (unpaired) electrons. The van der Waals surface area contributed by atoms with Crippen LogP contribution < -0.4 is 0 Å². The molecule has 2 unspecified atom stereocenters. The van der Waals surface area contributed by atoms with Gasteiger partial charge in [-0.2, -0.15) is 0 Å². The van der Waals surface area contributed by atoms with E-state index in [-0.39, 0.29) is 12.1 Å². The van der Waals surface area contributed by atoms with Crippen LogP contribution >= 0.6 is 0 Å². The molecule has 1 saturated heterocycles. The predicted molar refractivity (Wildman–Crippen MR) is 51.9 cm³/mol. The quantitative estimate of drug-likeness (QED) is 0.702. The number of aliphatic carboxylic acids is 1. The minimum absolute atomic E-state index is 0.0684. The lowest BCUT2D eigenvalue weighted by Gasteiger charge is -2.25. The maximum atomic E-state index is 13.1. The summed E-state index contributed by atoms with van der Waals surface area (Å²) in [6.07, 6.45) is 2.24. The first kappa shape index (κ1) is 11.2. The zero-order valence-corrected chi connectivity index (χ0v) is 8.48. The predicted octanol–water partition coefficient (Wildman–Crippen LogP) is 1.45. The molecule has 0 amide bonds. The van der Waals surface area contributed by atoms with E-state index in [0.29, 0.717) is 13.0 Å². The highest BCUT2D eigenvalue weighted by Gasteiger charge is 2.31. The maximum Gasteiger partial charge on any atom is 0.328 e. The standard InChI is InChI=1S/C10H16FNO2/c1-7(2)12-6-8(11)5-9(12)3-4-10(13)14/h3-4,7-9H,5-6H2,1-2H3,(H,13,14)/b4-3+. The number of halogens is 1. The molecule has 1 rings (SSSR count). The van der Waals surface area contributed by atoms with E-state index in [1.54, 1.807) is 6.08 Å². The summed E-state index contributed by atoms with van der Waals surface area (Å²) in [5.74, 6) is -0.976. The topological polar surface area (TPSA) is 40.5 Å². The summed E-state index contributed by atoms with van der Waals surface area (Å²) in [6, 6.07) is 0.181. The van der Waals surface area contributed by atoms with Crippen LogP contribution in [-0.4, -0.2) is 40.8 Å². The summed E-state index contributed by atoms with van der Waals surface area (Å²) in [5.41, 5.74) is 0. The molecule has 2 atom stereocenters. The minimum Gasteiger partial charge on any atom is -0.478 e. The molecule has 0 spiro atoms. The van der Waals surface area contributed by atoms with Gasteiger partial charge in [-0.05, 0) is 20.3 Å². The SMILES string of the molecule is CC(C)N1CC(F)CC1/C=C/C(=O)O. The van der Waals surface area contributed by atoms with E-state index in [9.17, 15) is 9.18 Å². The third kappa shape index (κ3) is 2.80. The molecule has 1 fully saturated rings. The van der Waals surface area contributed by atoms with Crippen molar-refractivity contribution in [2.45, 2.75) is 38.5 Å². The lowest BCUT2D eigenvalue weighted by atomic mass is 10.2. The summed E-state index contributed by atoms with van der Waals surface area (Å²) in [5, 5.41) is 8.47. The Hall–Kier alpha value is -0.900. The van der Waals surface area contributed by atoms with E-state index in [1.165, 1.54) is 0 Å². The monoisotopic (exact) mass is 201 g/mol. The first-order valence-electron chi connectivity index (χ1n) is 4.81. The van der Waals surface area contributed by atoms with Crippen LogP contribution in [-0.2, 0) is 4.79 Å². The number of likely N-dealkylation sites (tertiary alicyclic amines) is 1. The van der Waals surface area contributed by atoms with E-state index >= 15 is 0 Å². The molecule has 1 N–H and O–H groups in total. The molecule has 0 aromatic carbocycles. The third-order valence-corrected chi connectivity index (χ3v) is 2.46. The molecule has 80 valence electrons. The van der Waals surface area contributed by atoms with Gasteiger partial charge < -0.3 is 5.11 Å². The van der Waals surface area contributed by atoms with Crippen molar-refractivity contribution in [3.05, 3.63) is 12.2 Å². The summed E-state index contributed by atoms with van der Waals surface area (Å²) in [7, 11) is 0. The number of hydrogen-bond acceptors (Lipinski definition) is 2. The molecular weight excluding hydrogens is 185 g/mol. The summed E-state index contributed by atoms with van der Waals surface area (Å²) >= 11 is 0. The van der Waals surface area contributed by atoms with Crippen LogP contribution in [0.2, 0.25) is 0 Å². The van der Waals surface area contributed by atoms with Crippen LogP contribution in [0.5, 0.6) is 0 Å². The van der Waals surface area contributed by atoms with E-state index in [0.717, 1.165) is 6.08 Å². The van der Waals surface area contributed by atoms with Gasteiger partial charge >= 0.3 is 5.97 Å². The van der Waals surface area contributed by atoms with Gasteiger partial charge in [0.05, 0.1) is 0 Å². The zero-order valence-electron chi connectivity index (χ0n) is 8.48. The van der Waals surface area contributed by atoms with Gasteiger partial charge in [-0.1, -0.05) is 6.08 Å². The van der Waals surface area contributed by atoms with Crippen LogP contribution in [0.15, 0.2) is 12.2 Å². The van der Waals surface area contributed by atoms with Gasteiger partial charge in [-0.15, -0.1) is 0 Å². The van der Waals surface area contributed by atoms with Crippen molar-refractivity contribution >= 4 is 5.97 Å².